The number of pyridine rings is 1. The Morgan fingerprint density at radius 1 is 1.02 bits per heavy atom. The second-order valence-electron chi connectivity index (χ2n) is 10.2. The van der Waals surface area contributed by atoms with E-state index in [9.17, 15) is 4.79 Å². The average Bonchev–Trinajstić information content (AvgIpc) is 3.29. The fourth-order valence-corrected chi connectivity index (χ4v) is 5.14. The molecule has 1 aliphatic rings. The number of benzene rings is 3. The first-order valence-electron chi connectivity index (χ1n) is 13.7. The van der Waals surface area contributed by atoms with Gasteiger partial charge in [-0.05, 0) is 48.4 Å². The number of nitrogens with one attached hydrogen (secondary N) is 2. The number of aromatic amines is 1. The molecule has 2 N–H and O–H groups in total. The van der Waals surface area contributed by atoms with E-state index >= 15 is 0 Å². The number of rotatable bonds is 5. The maximum Gasteiger partial charge on any atom is 0.415 e. The molecule has 7 rings (SSSR count). The number of H-pyrrole nitrogens is 1. The van der Waals surface area contributed by atoms with Crippen LogP contribution < -0.4 is 19.7 Å². The van der Waals surface area contributed by atoms with Gasteiger partial charge < -0.3 is 24.7 Å². The number of aromatic nitrogens is 5. The lowest BCUT2D eigenvalue weighted by molar-refractivity contribution is 0.196. The van der Waals surface area contributed by atoms with Gasteiger partial charge in [-0.1, -0.05) is 48.0 Å². The summed E-state index contributed by atoms with van der Waals surface area (Å²) in [4.78, 5) is 35.5. The highest BCUT2D eigenvalue weighted by molar-refractivity contribution is 5.90. The van der Waals surface area contributed by atoms with Crippen LogP contribution in [0.25, 0.3) is 33.2 Å². The van der Waals surface area contributed by atoms with Crippen LogP contribution in [0.1, 0.15) is 16.7 Å². The number of anilines is 1. The first-order valence-corrected chi connectivity index (χ1v) is 13.7. The molecule has 10 heteroatoms. The predicted octanol–water partition coefficient (Wildman–Crippen LogP) is 5.56. The maximum atomic E-state index is 12.3. The van der Waals surface area contributed by atoms with Crippen molar-refractivity contribution in [3.05, 3.63) is 102 Å². The van der Waals surface area contributed by atoms with Crippen molar-refractivity contribution < 1.29 is 14.3 Å². The molecule has 0 fully saturated rings. The van der Waals surface area contributed by atoms with Crippen LogP contribution in [0.3, 0.4) is 0 Å². The zero-order valence-corrected chi connectivity index (χ0v) is 22.9. The molecule has 0 spiro atoms. The van der Waals surface area contributed by atoms with E-state index < -0.39 is 6.09 Å². The number of ether oxygens (including phenoxy) is 2. The molecule has 3 aromatic carbocycles. The van der Waals surface area contributed by atoms with Crippen LogP contribution in [0, 0.1) is 6.92 Å². The molecule has 1 amide bonds. The molecule has 4 heterocycles. The number of hydrogen-bond acceptors (Lipinski definition) is 8. The van der Waals surface area contributed by atoms with E-state index in [1.165, 1.54) is 0 Å². The van der Waals surface area contributed by atoms with Gasteiger partial charge in [0.2, 0.25) is 0 Å². The standard InChI is InChI=1S/C32H27N7O3/c1-20-7-9-26-25(13-20)30(36-19-35-26)39-11-12-41-28-10-8-22(14-24(28)18-39)23-15-27-29(33-17-23)38-31(37-27)42-32(40)34-16-21-5-3-2-4-6-21/h2-10,13-15,17,19H,11-12,16,18H2,1H3,(H,34,40)(H,33,37,38). The van der Waals surface area contributed by atoms with Crippen molar-refractivity contribution in [3.63, 3.8) is 0 Å². The number of carbonyl (C=O) groups excluding carboxylic acids is 1. The number of nitrogens with zero attached hydrogens (tertiary/aromatic N) is 5. The van der Waals surface area contributed by atoms with E-state index in [-0.39, 0.29) is 6.01 Å². The van der Waals surface area contributed by atoms with Crippen molar-refractivity contribution in [3.8, 4) is 22.9 Å². The third-order valence-corrected chi connectivity index (χ3v) is 7.23. The van der Waals surface area contributed by atoms with Crippen LogP contribution in [-0.2, 0) is 13.1 Å². The summed E-state index contributed by atoms with van der Waals surface area (Å²) in [5, 5.41) is 3.75. The highest BCUT2D eigenvalue weighted by Gasteiger charge is 2.20. The SMILES string of the molecule is Cc1ccc2ncnc(N3CCOc4ccc(-c5cnc6nc(OC(=O)NCc7ccccc7)[nH]c6c5)cc4C3)c2c1. The minimum absolute atomic E-state index is 0.0819. The van der Waals surface area contributed by atoms with Crippen molar-refractivity contribution in [2.24, 2.45) is 0 Å². The molecule has 3 aromatic heterocycles. The Morgan fingerprint density at radius 2 is 1.93 bits per heavy atom. The summed E-state index contributed by atoms with van der Waals surface area (Å²) in [6.07, 6.45) is 2.78. The Kier molecular flexibility index (Phi) is 6.55. The summed E-state index contributed by atoms with van der Waals surface area (Å²) in [7, 11) is 0. The van der Waals surface area contributed by atoms with Crippen molar-refractivity contribution in [2.45, 2.75) is 20.0 Å². The Hall–Kier alpha value is -5.51. The van der Waals surface area contributed by atoms with E-state index in [0.29, 0.717) is 37.4 Å². The number of amides is 1. The summed E-state index contributed by atoms with van der Waals surface area (Å²) in [6, 6.07) is 24.0. The van der Waals surface area contributed by atoms with Gasteiger partial charge in [0, 0.05) is 35.8 Å². The van der Waals surface area contributed by atoms with Gasteiger partial charge in [-0.15, -0.1) is 0 Å². The van der Waals surface area contributed by atoms with Crippen LogP contribution >= 0.6 is 0 Å². The Balaban J connectivity index is 1.11. The first-order chi connectivity index (χ1) is 20.6. The summed E-state index contributed by atoms with van der Waals surface area (Å²) < 4.78 is 11.5. The zero-order valence-electron chi connectivity index (χ0n) is 22.9. The predicted molar refractivity (Wildman–Crippen MR) is 159 cm³/mol. The van der Waals surface area contributed by atoms with Crippen LogP contribution in [-0.4, -0.2) is 44.2 Å². The van der Waals surface area contributed by atoms with Gasteiger partial charge in [-0.3, -0.25) is 0 Å². The zero-order chi connectivity index (χ0) is 28.5. The number of carbonyl (C=O) groups is 1. The minimum Gasteiger partial charge on any atom is -0.491 e. The van der Waals surface area contributed by atoms with Crippen LogP contribution in [0.15, 0.2) is 85.3 Å². The molecule has 42 heavy (non-hydrogen) atoms. The number of hydrogen-bond donors (Lipinski definition) is 2. The second kappa shape index (κ2) is 10.8. The van der Waals surface area contributed by atoms with Crippen molar-refractivity contribution >= 4 is 34.0 Å². The van der Waals surface area contributed by atoms with E-state index in [1.807, 2.05) is 54.6 Å². The molecule has 0 radical (unpaired) electrons. The summed E-state index contributed by atoms with van der Waals surface area (Å²) >= 11 is 0. The lowest BCUT2D eigenvalue weighted by Crippen LogP contribution is -2.26. The molecule has 1 aliphatic heterocycles. The van der Waals surface area contributed by atoms with Gasteiger partial charge in [-0.25, -0.2) is 19.7 Å². The van der Waals surface area contributed by atoms with E-state index in [4.69, 9.17) is 9.47 Å². The number of fused-ring (bicyclic) bond motifs is 3. The van der Waals surface area contributed by atoms with Crippen molar-refractivity contribution in [1.29, 1.82) is 0 Å². The maximum absolute atomic E-state index is 12.3. The third-order valence-electron chi connectivity index (χ3n) is 7.23. The quantitative estimate of drug-likeness (QED) is 0.283. The molecule has 0 saturated heterocycles. The monoisotopic (exact) mass is 557 g/mol. The molecule has 0 aliphatic carbocycles. The van der Waals surface area contributed by atoms with Crippen molar-refractivity contribution in [1.82, 2.24) is 30.2 Å². The Bertz CT molecular complexity index is 1920. The lowest BCUT2D eigenvalue weighted by Gasteiger charge is -2.22. The molecular weight excluding hydrogens is 530 g/mol. The summed E-state index contributed by atoms with van der Waals surface area (Å²) in [6.45, 7) is 4.32. The molecule has 0 bridgehead atoms. The van der Waals surface area contributed by atoms with Crippen LogP contribution in [0.5, 0.6) is 11.8 Å². The normalized spacial score (nSPS) is 12.9. The minimum atomic E-state index is -0.597. The number of imidazole rings is 1. The third kappa shape index (κ3) is 5.17. The van der Waals surface area contributed by atoms with Crippen LogP contribution in [0.4, 0.5) is 10.6 Å². The molecule has 10 nitrogen and oxygen atoms in total. The number of aryl methyl sites for hydroxylation is 1. The molecule has 208 valence electrons. The lowest BCUT2D eigenvalue weighted by atomic mass is 10.0. The Labute approximate surface area is 241 Å². The molecule has 0 saturated carbocycles. The average molecular weight is 558 g/mol. The van der Waals surface area contributed by atoms with Gasteiger partial charge in [-0.2, -0.15) is 4.98 Å². The smallest absolute Gasteiger partial charge is 0.415 e. The van der Waals surface area contributed by atoms with Gasteiger partial charge in [0.25, 0.3) is 0 Å². The highest BCUT2D eigenvalue weighted by Crippen LogP contribution is 2.33. The summed E-state index contributed by atoms with van der Waals surface area (Å²) in [5.41, 5.74) is 7.10. The van der Waals surface area contributed by atoms with Gasteiger partial charge >= 0.3 is 12.1 Å². The van der Waals surface area contributed by atoms with E-state index in [0.717, 1.165) is 50.3 Å². The molecule has 0 atom stereocenters. The topological polar surface area (TPSA) is 118 Å². The Morgan fingerprint density at radius 3 is 2.83 bits per heavy atom. The van der Waals surface area contributed by atoms with Gasteiger partial charge in [0.1, 0.15) is 24.5 Å². The molecular formula is C32H27N7O3. The summed E-state index contributed by atoms with van der Waals surface area (Å²) in [5.74, 6) is 1.75. The first kappa shape index (κ1) is 25.5. The van der Waals surface area contributed by atoms with Gasteiger partial charge in [0.15, 0.2) is 5.65 Å². The molecule has 6 aromatic rings. The largest absolute Gasteiger partial charge is 0.491 e. The van der Waals surface area contributed by atoms with Gasteiger partial charge in [0.05, 0.1) is 17.6 Å². The van der Waals surface area contributed by atoms with E-state index in [2.05, 4.69) is 60.3 Å². The molecule has 0 unspecified atom stereocenters. The fourth-order valence-electron chi connectivity index (χ4n) is 5.14. The van der Waals surface area contributed by atoms with Crippen LogP contribution in [0.2, 0.25) is 0 Å². The fraction of sp³-hybridized carbons (Fsp3) is 0.156. The van der Waals surface area contributed by atoms with Crippen molar-refractivity contribution in [2.75, 3.05) is 18.1 Å². The highest BCUT2D eigenvalue weighted by atomic mass is 16.6. The van der Waals surface area contributed by atoms with E-state index in [1.54, 1.807) is 12.5 Å². The second-order valence-corrected chi connectivity index (χ2v) is 10.2.